The normalized spacial score (nSPS) is 10.1. The lowest BCUT2D eigenvalue weighted by Crippen LogP contribution is -2.12. The third kappa shape index (κ3) is 3.00. The molecule has 1 heterocycles. The van der Waals surface area contributed by atoms with Crippen LogP contribution in [0.5, 0.6) is 11.6 Å². The van der Waals surface area contributed by atoms with Crippen LogP contribution in [0.15, 0.2) is 35.4 Å². The van der Waals surface area contributed by atoms with Crippen molar-refractivity contribution in [3.05, 3.63) is 50.1 Å². The van der Waals surface area contributed by atoms with E-state index >= 15 is 0 Å². The lowest BCUT2D eigenvalue weighted by atomic mass is 10.2. The Bertz CT molecular complexity index is 598. The minimum absolute atomic E-state index is 0.203. The number of hydrogen-bond acceptors (Lipinski definition) is 4. The van der Waals surface area contributed by atoms with Crippen molar-refractivity contribution in [3.63, 3.8) is 0 Å². The van der Waals surface area contributed by atoms with Crippen molar-refractivity contribution in [3.8, 4) is 11.6 Å². The third-order valence-electron chi connectivity index (χ3n) is 2.27. The van der Waals surface area contributed by atoms with Crippen LogP contribution in [0, 0.1) is 3.57 Å². The lowest BCUT2D eigenvalue weighted by molar-refractivity contribution is 0.289. The van der Waals surface area contributed by atoms with Gasteiger partial charge in [-0.25, -0.2) is 4.98 Å². The Hall–Kier alpha value is -1.57. The lowest BCUT2D eigenvalue weighted by Gasteiger charge is -2.07. The molecule has 1 aromatic carbocycles. The van der Waals surface area contributed by atoms with Crippen molar-refractivity contribution >= 4 is 22.6 Å². The van der Waals surface area contributed by atoms with Gasteiger partial charge in [-0.1, -0.05) is 12.1 Å². The summed E-state index contributed by atoms with van der Waals surface area (Å²) in [5.41, 5.74) is 0.749. The van der Waals surface area contributed by atoms with Gasteiger partial charge in [0.05, 0.1) is 13.4 Å². The molecule has 0 atom stereocenters. The van der Waals surface area contributed by atoms with E-state index in [4.69, 9.17) is 9.47 Å². The highest BCUT2D eigenvalue weighted by Crippen LogP contribution is 2.16. The van der Waals surface area contributed by atoms with Crippen molar-refractivity contribution in [2.24, 2.45) is 0 Å². The van der Waals surface area contributed by atoms with Crippen LogP contribution in [0.1, 0.15) is 5.56 Å². The summed E-state index contributed by atoms with van der Waals surface area (Å²) in [6, 6.07) is 7.54. The van der Waals surface area contributed by atoms with Gasteiger partial charge in [0, 0.05) is 0 Å². The van der Waals surface area contributed by atoms with E-state index in [1.807, 2.05) is 46.9 Å². The minimum atomic E-state index is -0.203. The van der Waals surface area contributed by atoms with E-state index in [9.17, 15) is 4.79 Å². The molecule has 0 amide bonds. The standard InChI is InChI=1S/C12H11IN2O3/c1-17-9-4-2-3-8(5-9)6-18-12-10(13)11(16)14-7-15-12/h2-5,7H,6H2,1H3,(H,14,15,16). The molecule has 0 bridgehead atoms. The van der Waals surface area contributed by atoms with Crippen LogP contribution in [-0.2, 0) is 6.61 Å². The molecule has 6 heteroatoms. The van der Waals surface area contributed by atoms with E-state index in [0.29, 0.717) is 16.1 Å². The van der Waals surface area contributed by atoms with Crippen LogP contribution in [-0.4, -0.2) is 17.1 Å². The SMILES string of the molecule is COc1cccc(COc2nc[nH]c(=O)c2I)c1. The molecule has 1 N–H and O–H groups in total. The summed E-state index contributed by atoms with van der Waals surface area (Å²) < 4.78 is 11.1. The predicted molar refractivity (Wildman–Crippen MR) is 74.9 cm³/mol. The minimum Gasteiger partial charge on any atom is -0.497 e. The van der Waals surface area contributed by atoms with Gasteiger partial charge in [-0.2, -0.15) is 0 Å². The van der Waals surface area contributed by atoms with Gasteiger partial charge in [0.25, 0.3) is 5.56 Å². The third-order valence-corrected chi connectivity index (χ3v) is 3.23. The van der Waals surface area contributed by atoms with E-state index < -0.39 is 0 Å². The highest BCUT2D eigenvalue weighted by molar-refractivity contribution is 14.1. The zero-order valence-electron chi connectivity index (χ0n) is 9.64. The van der Waals surface area contributed by atoms with Crippen LogP contribution < -0.4 is 15.0 Å². The van der Waals surface area contributed by atoms with Gasteiger partial charge < -0.3 is 14.5 Å². The largest absolute Gasteiger partial charge is 0.497 e. The molecule has 0 aliphatic rings. The number of nitrogens with zero attached hydrogens (tertiary/aromatic N) is 1. The van der Waals surface area contributed by atoms with Crippen LogP contribution >= 0.6 is 22.6 Å². The number of aromatic amines is 1. The maximum absolute atomic E-state index is 11.3. The molecule has 0 unspecified atom stereocenters. The molecule has 1 aromatic heterocycles. The number of nitrogens with one attached hydrogen (secondary N) is 1. The van der Waals surface area contributed by atoms with Crippen molar-refractivity contribution in [1.82, 2.24) is 9.97 Å². The number of ether oxygens (including phenoxy) is 2. The summed E-state index contributed by atoms with van der Waals surface area (Å²) in [5.74, 6) is 1.10. The quantitative estimate of drug-likeness (QED) is 0.849. The molecule has 94 valence electrons. The van der Waals surface area contributed by atoms with Gasteiger partial charge >= 0.3 is 0 Å². The van der Waals surface area contributed by atoms with E-state index in [2.05, 4.69) is 9.97 Å². The molecule has 18 heavy (non-hydrogen) atoms. The van der Waals surface area contributed by atoms with Crippen molar-refractivity contribution < 1.29 is 9.47 Å². The number of H-pyrrole nitrogens is 1. The van der Waals surface area contributed by atoms with E-state index in [1.165, 1.54) is 6.33 Å². The molecular weight excluding hydrogens is 347 g/mol. The molecule has 0 saturated heterocycles. The van der Waals surface area contributed by atoms with Gasteiger partial charge in [0.2, 0.25) is 5.88 Å². The molecule has 2 aromatic rings. The number of aromatic nitrogens is 2. The molecule has 2 rings (SSSR count). The number of methoxy groups -OCH3 is 1. The Morgan fingerprint density at radius 2 is 2.28 bits per heavy atom. The van der Waals surface area contributed by atoms with Gasteiger partial charge in [-0.05, 0) is 40.3 Å². The molecule has 0 saturated carbocycles. The first-order chi connectivity index (χ1) is 8.70. The van der Waals surface area contributed by atoms with Crippen molar-refractivity contribution in [2.45, 2.75) is 6.61 Å². The van der Waals surface area contributed by atoms with Crippen molar-refractivity contribution in [1.29, 1.82) is 0 Å². The van der Waals surface area contributed by atoms with Crippen molar-refractivity contribution in [2.75, 3.05) is 7.11 Å². The molecule has 0 spiro atoms. The average Bonchev–Trinajstić information content (AvgIpc) is 2.41. The molecule has 0 aliphatic heterocycles. The average molecular weight is 358 g/mol. The Kier molecular flexibility index (Phi) is 4.19. The molecular formula is C12H11IN2O3. The van der Waals surface area contributed by atoms with E-state index in [-0.39, 0.29) is 5.56 Å². The number of benzene rings is 1. The second-order valence-electron chi connectivity index (χ2n) is 3.49. The summed E-state index contributed by atoms with van der Waals surface area (Å²) in [4.78, 5) is 17.8. The van der Waals surface area contributed by atoms with E-state index in [0.717, 1.165) is 11.3 Å². The fourth-order valence-electron chi connectivity index (χ4n) is 1.38. The predicted octanol–water partition coefficient (Wildman–Crippen LogP) is 1.96. The Morgan fingerprint density at radius 3 is 3.06 bits per heavy atom. The summed E-state index contributed by atoms with van der Waals surface area (Å²) >= 11 is 1.91. The van der Waals surface area contributed by atoms with Crippen LogP contribution in [0.2, 0.25) is 0 Å². The van der Waals surface area contributed by atoms with Gasteiger partial charge in [-0.3, -0.25) is 4.79 Å². The Balaban J connectivity index is 2.11. The molecule has 5 nitrogen and oxygen atoms in total. The monoisotopic (exact) mass is 358 g/mol. The van der Waals surface area contributed by atoms with Gasteiger partial charge in [0.1, 0.15) is 15.9 Å². The molecule has 0 fully saturated rings. The fraction of sp³-hybridized carbons (Fsp3) is 0.167. The number of halogens is 1. The van der Waals surface area contributed by atoms with Gasteiger partial charge in [-0.15, -0.1) is 0 Å². The molecule has 0 aliphatic carbocycles. The summed E-state index contributed by atoms with van der Waals surface area (Å²) in [6.07, 6.45) is 1.32. The second-order valence-corrected chi connectivity index (χ2v) is 4.57. The smallest absolute Gasteiger partial charge is 0.268 e. The van der Waals surface area contributed by atoms with Gasteiger partial charge in [0.15, 0.2) is 0 Å². The maximum atomic E-state index is 11.3. The van der Waals surface area contributed by atoms with Crippen LogP contribution in [0.3, 0.4) is 0 Å². The number of hydrogen-bond donors (Lipinski definition) is 1. The summed E-state index contributed by atoms with van der Waals surface area (Å²) in [5, 5.41) is 0. The Labute approximate surface area is 117 Å². The molecule has 0 radical (unpaired) electrons. The first-order valence-corrected chi connectivity index (χ1v) is 6.27. The Morgan fingerprint density at radius 1 is 1.44 bits per heavy atom. The second kappa shape index (κ2) is 5.85. The first-order valence-electron chi connectivity index (χ1n) is 5.19. The fourth-order valence-corrected chi connectivity index (χ4v) is 1.83. The summed E-state index contributed by atoms with van der Waals surface area (Å²) in [6.45, 7) is 0.337. The summed E-state index contributed by atoms with van der Waals surface area (Å²) in [7, 11) is 1.61. The number of rotatable bonds is 4. The highest BCUT2D eigenvalue weighted by Gasteiger charge is 2.06. The topological polar surface area (TPSA) is 64.2 Å². The maximum Gasteiger partial charge on any atom is 0.268 e. The first kappa shape index (κ1) is 12.9. The van der Waals surface area contributed by atoms with Crippen LogP contribution in [0.4, 0.5) is 0 Å². The zero-order valence-corrected chi connectivity index (χ0v) is 11.8. The zero-order chi connectivity index (χ0) is 13.0. The highest BCUT2D eigenvalue weighted by atomic mass is 127. The van der Waals surface area contributed by atoms with E-state index in [1.54, 1.807) is 7.11 Å². The van der Waals surface area contributed by atoms with Crippen LogP contribution in [0.25, 0.3) is 0 Å².